The zero-order chi connectivity index (χ0) is 12.3. The van der Waals surface area contributed by atoms with Crippen molar-refractivity contribution in [2.75, 3.05) is 13.1 Å². The number of aryl methyl sites for hydroxylation is 2. The summed E-state index contributed by atoms with van der Waals surface area (Å²) in [7, 11) is 0. The molecule has 0 bridgehead atoms. The van der Waals surface area contributed by atoms with Crippen molar-refractivity contribution in [2.45, 2.75) is 39.2 Å². The molecule has 1 aliphatic heterocycles. The van der Waals surface area contributed by atoms with Gasteiger partial charge in [-0.2, -0.15) is 0 Å². The van der Waals surface area contributed by atoms with Gasteiger partial charge in [0.05, 0.1) is 5.56 Å². The maximum atomic E-state index is 11.9. The van der Waals surface area contributed by atoms with E-state index < -0.39 is 0 Å². The van der Waals surface area contributed by atoms with Crippen LogP contribution in [0.5, 0.6) is 0 Å². The van der Waals surface area contributed by atoms with Crippen LogP contribution in [0.1, 0.15) is 41.1 Å². The summed E-state index contributed by atoms with van der Waals surface area (Å²) in [5, 5.41) is 6.36. The van der Waals surface area contributed by atoms with E-state index >= 15 is 0 Å². The van der Waals surface area contributed by atoms with Crippen molar-refractivity contribution in [1.82, 2.24) is 10.6 Å². The van der Waals surface area contributed by atoms with Gasteiger partial charge in [0.1, 0.15) is 11.5 Å². The van der Waals surface area contributed by atoms with Crippen LogP contribution in [0.3, 0.4) is 0 Å². The van der Waals surface area contributed by atoms with E-state index in [1.807, 2.05) is 13.8 Å². The zero-order valence-corrected chi connectivity index (χ0v) is 11.7. The van der Waals surface area contributed by atoms with Gasteiger partial charge in [0.25, 0.3) is 5.91 Å². The molecule has 1 aromatic heterocycles. The summed E-state index contributed by atoms with van der Waals surface area (Å²) in [4.78, 5) is 11.9. The number of hydrogen-bond donors (Lipinski definition) is 2. The van der Waals surface area contributed by atoms with E-state index in [2.05, 4.69) is 10.6 Å². The van der Waals surface area contributed by atoms with Crippen molar-refractivity contribution >= 4 is 18.3 Å². The molecule has 5 heteroatoms. The summed E-state index contributed by atoms with van der Waals surface area (Å²) in [6.07, 6.45) is 3.47. The second-order valence-corrected chi connectivity index (χ2v) is 4.66. The molecule has 2 rings (SSSR count). The minimum Gasteiger partial charge on any atom is -0.466 e. The lowest BCUT2D eigenvalue weighted by Crippen LogP contribution is -2.30. The Morgan fingerprint density at radius 3 is 2.89 bits per heavy atom. The van der Waals surface area contributed by atoms with Crippen LogP contribution in [0.15, 0.2) is 10.5 Å². The van der Waals surface area contributed by atoms with E-state index in [1.165, 1.54) is 12.8 Å². The number of furan rings is 1. The smallest absolute Gasteiger partial charge is 0.254 e. The second-order valence-electron chi connectivity index (χ2n) is 4.66. The SMILES string of the molecule is Cc1cc(C(=O)NCC[C@H]2CCCN2)c(C)o1.Cl. The molecule has 4 nitrogen and oxygen atoms in total. The van der Waals surface area contributed by atoms with Crippen molar-refractivity contribution in [3.05, 3.63) is 23.2 Å². The fraction of sp³-hybridized carbons (Fsp3) is 0.615. The monoisotopic (exact) mass is 272 g/mol. The summed E-state index contributed by atoms with van der Waals surface area (Å²) >= 11 is 0. The third kappa shape index (κ3) is 3.75. The largest absolute Gasteiger partial charge is 0.466 e. The Kier molecular flexibility index (Phi) is 5.69. The van der Waals surface area contributed by atoms with Gasteiger partial charge in [-0.05, 0) is 45.7 Å². The van der Waals surface area contributed by atoms with Crippen LogP contribution < -0.4 is 10.6 Å². The number of hydrogen-bond acceptors (Lipinski definition) is 3. The molecule has 18 heavy (non-hydrogen) atoms. The van der Waals surface area contributed by atoms with Gasteiger partial charge in [0.15, 0.2) is 0 Å². The molecular formula is C13H21ClN2O2. The molecule has 2 heterocycles. The number of rotatable bonds is 4. The topological polar surface area (TPSA) is 54.3 Å². The minimum atomic E-state index is -0.0302. The van der Waals surface area contributed by atoms with Crippen LogP contribution in [0.25, 0.3) is 0 Å². The Labute approximate surface area is 114 Å². The Hall–Kier alpha value is -1.000. The van der Waals surface area contributed by atoms with E-state index in [9.17, 15) is 4.79 Å². The van der Waals surface area contributed by atoms with Crippen LogP contribution in [0.2, 0.25) is 0 Å². The van der Waals surface area contributed by atoms with Gasteiger partial charge in [-0.25, -0.2) is 0 Å². The molecule has 0 unspecified atom stereocenters. The lowest BCUT2D eigenvalue weighted by molar-refractivity contribution is 0.0951. The summed E-state index contributed by atoms with van der Waals surface area (Å²) in [5.41, 5.74) is 0.655. The zero-order valence-electron chi connectivity index (χ0n) is 10.9. The van der Waals surface area contributed by atoms with Crippen molar-refractivity contribution in [1.29, 1.82) is 0 Å². The van der Waals surface area contributed by atoms with E-state index in [0.717, 1.165) is 25.3 Å². The molecule has 1 saturated heterocycles. The molecule has 0 saturated carbocycles. The molecule has 1 aliphatic rings. The molecule has 0 aromatic carbocycles. The molecule has 0 radical (unpaired) electrons. The predicted octanol–water partition coefficient (Wildman–Crippen LogP) is 2.19. The van der Waals surface area contributed by atoms with E-state index in [4.69, 9.17) is 4.42 Å². The van der Waals surface area contributed by atoms with Gasteiger partial charge in [0, 0.05) is 12.6 Å². The molecule has 2 N–H and O–H groups in total. The Morgan fingerprint density at radius 2 is 2.33 bits per heavy atom. The predicted molar refractivity (Wildman–Crippen MR) is 73.4 cm³/mol. The lowest BCUT2D eigenvalue weighted by Gasteiger charge is -2.10. The first-order chi connectivity index (χ1) is 8.16. The maximum Gasteiger partial charge on any atom is 0.254 e. The highest BCUT2D eigenvalue weighted by molar-refractivity contribution is 5.95. The molecular weight excluding hydrogens is 252 g/mol. The van der Waals surface area contributed by atoms with Gasteiger partial charge in [0.2, 0.25) is 0 Å². The number of nitrogens with one attached hydrogen (secondary N) is 2. The average Bonchev–Trinajstić information content (AvgIpc) is 2.88. The summed E-state index contributed by atoms with van der Waals surface area (Å²) < 4.78 is 5.34. The van der Waals surface area contributed by atoms with Crippen molar-refractivity contribution < 1.29 is 9.21 Å². The summed E-state index contributed by atoms with van der Waals surface area (Å²) in [6.45, 7) is 5.51. The third-order valence-corrected chi connectivity index (χ3v) is 3.23. The fourth-order valence-corrected chi connectivity index (χ4v) is 2.31. The summed E-state index contributed by atoms with van der Waals surface area (Å²) in [6, 6.07) is 2.36. The normalized spacial score (nSPS) is 18.4. The highest BCUT2D eigenvalue weighted by atomic mass is 35.5. The van der Waals surface area contributed by atoms with Gasteiger partial charge in [-0.3, -0.25) is 4.79 Å². The minimum absolute atomic E-state index is 0. The molecule has 1 amide bonds. The number of carbonyl (C=O) groups excluding carboxylic acids is 1. The Balaban J connectivity index is 0.00000162. The maximum absolute atomic E-state index is 11.9. The van der Waals surface area contributed by atoms with Crippen LogP contribution in [0, 0.1) is 13.8 Å². The first-order valence-electron chi connectivity index (χ1n) is 6.25. The number of carbonyl (C=O) groups is 1. The van der Waals surface area contributed by atoms with E-state index in [0.29, 0.717) is 17.4 Å². The lowest BCUT2D eigenvalue weighted by atomic mass is 10.1. The van der Waals surface area contributed by atoms with E-state index in [1.54, 1.807) is 6.07 Å². The average molecular weight is 273 g/mol. The quantitative estimate of drug-likeness (QED) is 0.883. The molecule has 0 aliphatic carbocycles. The standard InChI is InChI=1S/C13H20N2O2.ClH/c1-9-8-12(10(2)17-9)13(16)15-7-5-11-4-3-6-14-11;/h8,11,14H,3-7H2,1-2H3,(H,15,16);1H/t11-;/m1./s1. The van der Waals surface area contributed by atoms with Crippen molar-refractivity contribution in [3.8, 4) is 0 Å². The molecule has 0 spiro atoms. The van der Waals surface area contributed by atoms with Gasteiger partial charge in [-0.15, -0.1) is 12.4 Å². The highest BCUT2D eigenvalue weighted by Gasteiger charge is 2.16. The first kappa shape index (κ1) is 15.1. The third-order valence-electron chi connectivity index (χ3n) is 3.23. The van der Waals surface area contributed by atoms with Crippen molar-refractivity contribution in [3.63, 3.8) is 0 Å². The van der Waals surface area contributed by atoms with Crippen LogP contribution in [-0.4, -0.2) is 25.0 Å². The Bertz CT molecular complexity index is 398. The van der Waals surface area contributed by atoms with Crippen LogP contribution >= 0.6 is 12.4 Å². The van der Waals surface area contributed by atoms with Gasteiger partial charge in [-0.1, -0.05) is 0 Å². The van der Waals surface area contributed by atoms with Crippen LogP contribution in [-0.2, 0) is 0 Å². The first-order valence-corrected chi connectivity index (χ1v) is 6.25. The fourth-order valence-electron chi connectivity index (χ4n) is 2.31. The van der Waals surface area contributed by atoms with Gasteiger partial charge < -0.3 is 15.1 Å². The molecule has 1 atom stereocenters. The number of amides is 1. The molecule has 1 fully saturated rings. The molecule has 102 valence electrons. The molecule has 1 aromatic rings. The second kappa shape index (κ2) is 6.81. The Morgan fingerprint density at radius 1 is 1.56 bits per heavy atom. The number of halogens is 1. The van der Waals surface area contributed by atoms with E-state index in [-0.39, 0.29) is 18.3 Å². The summed E-state index contributed by atoms with van der Waals surface area (Å²) in [5.74, 6) is 1.45. The van der Waals surface area contributed by atoms with Crippen molar-refractivity contribution in [2.24, 2.45) is 0 Å². The van der Waals surface area contributed by atoms with Gasteiger partial charge >= 0.3 is 0 Å². The highest BCUT2D eigenvalue weighted by Crippen LogP contribution is 2.13. The van der Waals surface area contributed by atoms with Crippen LogP contribution in [0.4, 0.5) is 0 Å².